The molecule has 0 aromatic heterocycles. The summed E-state index contributed by atoms with van der Waals surface area (Å²) in [4.78, 5) is 11.6. The van der Waals surface area contributed by atoms with Gasteiger partial charge in [0, 0.05) is 12.0 Å². The Morgan fingerprint density at radius 1 is 1.38 bits per heavy atom. The van der Waals surface area contributed by atoms with Crippen molar-refractivity contribution in [3.63, 3.8) is 0 Å². The molecule has 2 N–H and O–H groups in total. The highest BCUT2D eigenvalue weighted by molar-refractivity contribution is 5.70. The maximum atomic E-state index is 11.6. The van der Waals surface area contributed by atoms with Gasteiger partial charge in [-0.3, -0.25) is 4.79 Å². The average molecular weight is 227 g/mol. The van der Waals surface area contributed by atoms with Crippen molar-refractivity contribution in [2.45, 2.75) is 70.9 Å². The zero-order valence-electron chi connectivity index (χ0n) is 11.0. The van der Waals surface area contributed by atoms with E-state index in [1.54, 1.807) is 0 Å². The zero-order chi connectivity index (χ0) is 12.4. The molecule has 0 atom stereocenters. The molecule has 1 saturated carbocycles. The number of esters is 1. The van der Waals surface area contributed by atoms with Gasteiger partial charge >= 0.3 is 5.97 Å². The van der Waals surface area contributed by atoms with Gasteiger partial charge in [0.25, 0.3) is 0 Å². The molecule has 0 heterocycles. The minimum atomic E-state index is -0.367. The van der Waals surface area contributed by atoms with Gasteiger partial charge in [0.2, 0.25) is 0 Å². The lowest BCUT2D eigenvalue weighted by Gasteiger charge is -2.34. The molecule has 94 valence electrons. The van der Waals surface area contributed by atoms with Gasteiger partial charge < -0.3 is 10.5 Å². The van der Waals surface area contributed by atoms with Gasteiger partial charge in [-0.2, -0.15) is 0 Å². The van der Waals surface area contributed by atoms with Crippen LogP contribution in [0.1, 0.15) is 59.8 Å². The van der Waals surface area contributed by atoms with Crippen LogP contribution in [0.15, 0.2) is 0 Å². The summed E-state index contributed by atoms with van der Waals surface area (Å²) in [6, 6.07) is 0. The van der Waals surface area contributed by atoms with Crippen molar-refractivity contribution in [2.75, 3.05) is 0 Å². The highest BCUT2D eigenvalue weighted by atomic mass is 16.6. The normalized spacial score (nSPS) is 31.2. The van der Waals surface area contributed by atoms with Gasteiger partial charge in [-0.05, 0) is 59.3 Å². The smallest absolute Gasteiger partial charge is 0.306 e. The Morgan fingerprint density at radius 2 is 1.88 bits per heavy atom. The first-order valence-electron chi connectivity index (χ1n) is 6.19. The predicted molar refractivity (Wildman–Crippen MR) is 65.0 cm³/mol. The van der Waals surface area contributed by atoms with E-state index >= 15 is 0 Å². The SMILES string of the molecule is CC1(N)CCC(CC(=O)OC(C)(C)C)CC1. The topological polar surface area (TPSA) is 52.3 Å². The molecule has 0 bridgehead atoms. The van der Waals surface area contributed by atoms with Crippen molar-refractivity contribution in [3.8, 4) is 0 Å². The summed E-state index contributed by atoms with van der Waals surface area (Å²) in [5, 5.41) is 0. The molecule has 1 fully saturated rings. The lowest BCUT2D eigenvalue weighted by atomic mass is 9.77. The molecular weight excluding hydrogens is 202 g/mol. The monoisotopic (exact) mass is 227 g/mol. The van der Waals surface area contributed by atoms with E-state index in [4.69, 9.17) is 10.5 Å². The van der Waals surface area contributed by atoms with Crippen LogP contribution in [0.2, 0.25) is 0 Å². The number of carbonyl (C=O) groups is 1. The van der Waals surface area contributed by atoms with Crippen LogP contribution < -0.4 is 5.73 Å². The fraction of sp³-hybridized carbons (Fsp3) is 0.923. The zero-order valence-corrected chi connectivity index (χ0v) is 11.0. The van der Waals surface area contributed by atoms with E-state index in [-0.39, 0.29) is 17.1 Å². The first kappa shape index (κ1) is 13.5. The number of nitrogens with two attached hydrogens (primary N) is 1. The second-order valence-electron chi connectivity index (χ2n) is 6.39. The molecule has 0 spiro atoms. The molecule has 3 heteroatoms. The quantitative estimate of drug-likeness (QED) is 0.738. The minimum Gasteiger partial charge on any atom is -0.460 e. The van der Waals surface area contributed by atoms with Crippen molar-refractivity contribution in [1.29, 1.82) is 0 Å². The largest absolute Gasteiger partial charge is 0.460 e. The lowest BCUT2D eigenvalue weighted by Crippen LogP contribution is -2.40. The van der Waals surface area contributed by atoms with Crippen LogP contribution in [0.25, 0.3) is 0 Å². The summed E-state index contributed by atoms with van der Waals surface area (Å²) >= 11 is 0. The van der Waals surface area contributed by atoms with Crippen LogP contribution in [0, 0.1) is 5.92 Å². The van der Waals surface area contributed by atoms with Crippen LogP contribution in [-0.2, 0) is 9.53 Å². The third kappa shape index (κ3) is 4.97. The minimum absolute atomic E-state index is 0.0234. The Hall–Kier alpha value is -0.570. The first-order chi connectivity index (χ1) is 7.18. The Bertz CT molecular complexity index is 243. The van der Waals surface area contributed by atoms with E-state index in [1.807, 2.05) is 20.8 Å². The second kappa shape index (κ2) is 4.74. The van der Waals surface area contributed by atoms with Crippen LogP contribution in [-0.4, -0.2) is 17.1 Å². The summed E-state index contributed by atoms with van der Waals surface area (Å²) in [6.45, 7) is 7.81. The molecule has 0 aromatic carbocycles. The fourth-order valence-electron chi connectivity index (χ4n) is 2.16. The molecule has 3 nitrogen and oxygen atoms in total. The highest BCUT2D eigenvalue weighted by Gasteiger charge is 2.29. The van der Waals surface area contributed by atoms with Crippen molar-refractivity contribution in [3.05, 3.63) is 0 Å². The van der Waals surface area contributed by atoms with Crippen LogP contribution in [0.3, 0.4) is 0 Å². The Kier molecular flexibility index (Phi) is 4.00. The van der Waals surface area contributed by atoms with Gasteiger partial charge in [0.15, 0.2) is 0 Å². The van der Waals surface area contributed by atoms with Gasteiger partial charge in [-0.1, -0.05) is 0 Å². The third-order valence-corrected chi connectivity index (χ3v) is 3.12. The third-order valence-electron chi connectivity index (χ3n) is 3.12. The highest BCUT2D eigenvalue weighted by Crippen LogP contribution is 2.32. The van der Waals surface area contributed by atoms with Crippen LogP contribution >= 0.6 is 0 Å². The molecule has 0 aromatic rings. The Morgan fingerprint density at radius 3 is 2.31 bits per heavy atom. The molecule has 1 aliphatic carbocycles. The fourth-order valence-corrected chi connectivity index (χ4v) is 2.16. The molecule has 1 rings (SSSR count). The van der Waals surface area contributed by atoms with E-state index in [1.165, 1.54) is 0 Å². The molecule has 16 heavy (non-hydrogen) atoms. The maximum Gasteiger partial charge on any atom is 0.306 e. The summed E-state index contributed by atoms with van der Waals surface area (Å²) in [5.74, 6) is 0.393. The second-order valence-corrected chi connectivity index (χ2v) is 6.39. The van der Waals surface area contributed by atoms with Crippen molar-refractivity contribution < 1.29 is 9.53 Å². The molecule has 1 aliphatic rings. The molecule has 0 radical (unpaired) electrons. The lowest BCUT2D eigenvalue weighted by molar-refractivity contribution is -0.156. The van der Waals surface area contributed by atoms with Crippen LogP contribution in [0.4, 0.5) is 0 Å². The van der Waals surface area contributed by atoms with Crippen molar-refractivity contribution in [2.24, 2.45) is 11.7 Å². The standard InChI is InChI=1S/C13H25NO2/c1-12(2,3)16-11(15)9-10-5-7-13(4,14)8-6-10/h10H,5-9,14H2,1-4H3. The molecule has 0 aliphatic heterocycles. The van der Waals surface area contributed by atoms with Gasteiger partial charge in [-0.25, -0.2) is 0 Å². The predicted octanol–water partition coefficient (Wildman–Crippen LogP) is 2.63. The summed E-state index contributed by atoms with van der Waals surface area (Å²) < 4.78 is 5.32. The van der Waals surface area contributed by atoms with E-state index in [0.29, 0.717) is 12.3 Å². The number of hydrogen-bond donors (Lipinski definition) is 1. The maximum absolute atomic E-state index is 11.6. The van der Waals surface area contributed by atoms with Crippen molar-refractivity contribution in [1.82, 2.24) is 0 Å². The number of rotatable bonds is 2. The molecular formula is C13H25NO2. The van der Waals surface area contributed by atoms with E-state index in [0.717, 1.165) is 25.7 Å². The average Bonchev–Trinajstić information content (AvgIpc) is 2.05. The summed E-state index contributed by atoms with van der Waals surface area (Å²) in [5.41, 5.74) is 5.67. The van der Waals surface area contributed by atoms with Gasteiger partial charge in [0.05, 0.1) is 0 Å². The van der Waals surface area contributed by atoms with E-state index < -0.39 is 0 Å². The molecule has 0 unspecified atom stereocenters. The molecule has 0 amide bonds. The number of ether oxygens (including phenoxy) is 1. The van der Waals surface area contributed by atoms with Gasteiger partial charge in [-0.15, -0.1) is 0 Å². The van der Waals surface area contributed by atoms with Gasteiger partial charge in [0.1, 0.15) is 5.60 Å². The van der Waals surface area contributed by atoms with E-state index in [9.17, 15) is 4.79 Å². The Labute approximate surface area is 98.7 Å². The number of hydrogen-bond acceptors (Lipinski definition) is 3. The Balaban J connectivity index is 2.32. The molecule has 0 saturated heterocycles. The summed E-state index contributed by atoms with van der Waals surface area (Å²) in [6.07, 6.45) is 4.67. The number of carbonyl (C=O) groups excluding carboxylic acids is 1. The van der Waals surface area contributed by atoms with E-state index in [2.05, 4.69) is 6.92 Å². The van der Waals surface area contributed by atoms with Crippen LogP contribution in [0.5, 0.6) is 0 Å². The summed E-state index contributed by atoms with van der Waals surface area (Å²) in [7, 11) is 0. The first-order valence-corrected chi connectivity index (χ1v) is 6.19. The van der Waals surface area contributed by atoms with Crippen molar-refractivity contribution >= 4 is 5.97 Å².